The first-order chi connectivity index (χ1) is 7.33. The van der Waals surface area contributed by atoms with Crippen molar-refractivity contribution >= 4 is 0 Å². The summed E-state index contributed by atoms with van der Waals surface area (Å²) in [5.74, 6) is -3.11. The molecule has 1 aromatic heterocycles. The lowest BCUT2D eigenvalue weighted by molar-refractivity contribution is -0.361. The zero-order valence-corrected chi connectivity index (χ0v) is 8.45. The molecule has 0 spiro atoms. The summed E-state index contributed by atoms with van der Waals surface area (Å²) in [5, 5.41) is 9.27. The summed E-state index contributed by atoms with van der Waals surface area (Å²) in [6.45, 7) is 0. The van der Waals surface area contributed by atoms with Crippen LogP contribution < -0.4 is 5.48 Å². The van der Waals surface area contributed by atoms with Crippen molar-refractivity contribution in [3.05, 3.63) is 24.0 Å². The summed E-state index contributed by atoms with van der Waals surface area (Å²) in [7, 11) is 1.71. The molecule has 0 amide bonds. The van der Waals surface area contributed by atoms with Gasteiger partial charge in [0.15, 0.2) is 0 Å². The highest BCUT2D eigenvalue weighted by Crippen LogP contribution is 2.41. The summed E-state index contributed by atoms with van der Waals surface area (Å²) < 4.78 is 39.0. The fourth-order valence-corrected chi connectivity index (χ4v) is 1.70. The molecule has 1 aliphatic heterocycles. The number of nitrogens with zero attached hydrogens (tertiary/aromatic N) is 1. The van der Waals surface area contributed by atoms with E-state index in [1.54, 1.807) is 29.9 Å². The number of nitrogens with one attached hydrogen (secondary N) is 1. The van der Waals surface area contributed by atoms with E-state index in [4.69, 9.17) is 0 Å². The Morgan fingerprint density at radius 2 is 2.31 bits per heavy atom. The topological polar surface area (TPSA) is 46.4 Å². The third-order valence-corrected chi connectivity index (χ3v) is 2.63. The Morgan fingerprint density at radius 3 is 2.75 bits per heavy atom. The van der Waals surface area contributed by atoms with E-state index in [1.807, 2.05) is 0 Å². The lowest BCUT2D eigenvalue weighted by Gasteiger charge is -2.22. The SMILES string of the molecule is Cn1cccc1C1CC(O)(C(F)(F)F)ON1. The molecular formula is C9H11F3N2O2. The Kier molecular flexibility index (Phi) is 2.48. The Balaban J connectivity index is 2.18. The number of hydrogen-bond donors (Lipinski definition) is 2. The van der Waals surface area contributed by atoms with E-state index < -0.39 is 24.4 Å². The number of alkyl halides is 3. The molecule has 0 radical (unpaired) electrons. The normalized spacial score (nSPS) is 30.9. The number of hydroxylamine groups is 1. The largest absolute Gasteiger partial charge is 0.444 e. The average molecular weight is 236 g/mol. The van der Waals surface area contributed by atoms with Crippen LogP contribution in [0.2, 0.25) is 0 Å². The van der Waals surface area contributed by atoms with Gasteiger partial charge in [0.1, 0.15) is 0 Å². The van der Waals surface area contributed by atoms with Gasteiger partial charge in [0.2, 0.25) is 0 Å². The molecule has 0 saturated carbocycles. The van der Waals surface area contributed by atoms with Gasteiger partial charge in [-0.15, -0.1) is 0 Å². The van der Waals surface area contributed by atoms with Crippen LogP contribution >= 0.6 is 0 Å². The number of aromatic nitrogens is 1. The molecule has 2 atom stereocenters. The average Bonchev–Trinajstić information content (AvgIpc) is 2.71. The van der Waals surface area contributed by atoms with Crippen LogP contribution in [0.1, 0.15) is 18.2 Å². The van der Waals surface area contributed by atoms with Crippen LogP contribution in [0, 0.1) is 0 Å². The highest BCUT2D eigenvalue weighted by atomic mass is 19.4. The second-order valence-corrected chi connectivity index (χ2v) is 3.80. The van der Waals surface area contributed by atoms with Crippen molar-refractivity contribution in [2.45, 2.75) is 24.4 Å². The minimum atomic E-state index is -4.81. The molecule has 1 saturated heterocycles. The summed E-state index contributed by atoms with van der Waals surface area (Å²) in [6.07, 6.45) is -3.66. The minimum Gasteiger partial charge on any atom is -0.357 e. The first-order valence-electron chi connectivity index (χ1n) is 4.67. The second kappa shape index (κ2) is 3.47. The highest BCUT2D eigenvalue weighted by molar-refractivity contribution is 5.13. The van der Waals surface area contributed by atoms with Crippen molar-refractivity contribution in [1.29, 1.82) is 0 Å². The van der Waals surface area contributed by atoms with Gasteiger partial charge in [-0.25, -0.2) is 0 Å². The van der Waals surface area contributed by atoms with E-state index in [1.165, 1.54) is 0 Å². The van der Waals surface area contributed by atoms with E-state index in [0.29, 0.717) is 5.69 Å². The van der Waals surface area contributed by atoms with E-state index in [-0.39, 0.29) is 0 Å². The van der Waals surface area contributed by atoms with E-state index in [0.717, 1.165) is 0 Å². The summed E-state index contributed by atoms with van der Waals surface area (Å²) >= 11 is 0. The monoisotopic (exact) mass is 236 g/mol. The summed E-state index contributed by atoms with van der Waals surface area (Å²) in [4.78, 5) is 4.26. The van der Waals surface area contributed by atoms with Crippen LogP contribution in [0.15, 0.2) is 18.3 Å². The van der Waals surface area contributed by atoms with E-state index in [9.17, 15) is 18.3 Å². The highest BCUT2D eigenvalue weighted by Gasteiger charge is 2.60. The molecule has 2 N–H and O–H groups in total. The van der Waals surface area contributed by atoms with Gasteiger partial charge in [0.05, 0.1) is 6.04 Å². The van der Waals surface area contributed by atoms with Gasteiger partial charge >= 0.3 is 6.18 Å². The molecular weight excluding hydrogens is 225 g/mol. The molecule has 1 aromatic rings. The van der Waals surface area contributed by atoms with Crippen LogP contribution in [0.4, 0.5) is 13.2 Å². The number of halogens is 3. The van der Waals surface area contributed by atoms with Gasteiger partial charge in [0, 0.05) is 25.4 Å². The molecule has 7 heteroatoms. The lowest BCUT2D eigenvalue weighted by atomic mass is 10.1. The Hall–Kier alpha value is -1.05. The standard InChI is InChI=1S/C9H11F3N2O2/c1-14-4-2-3-7(14)6-5-8(15,16-13-6)9(10,11)12/h2-4,6,13,15H,5H2,1H3. The molecule has 90 valence electrons. The summed E-state index contributed by atoms with van der Waals surface area (Å²) in [6, 6.07) is 2.71. The molecule has 4 nitrogen and oxygen atoms in total. The maximum atomic E-state index is 12.4. The lowest BCUT2D eigenvalue weighted by Crippen LogP contribution is -2.45. The predicted octanol–water partition coefficient (Wildman–Crippen LogP) is 1.24. The molecule has 1 fully saturated rings. The van der Waals surface area contributed by atoms with Gasteiger partial charge in [-0.1, -0.05) is 0 Å². The summed E-state index contributed by atoms with van der Waals surface area (Å²) in [5.41, 5.74) is 2.83. The smallest absolute Gasteiger partial charge is 0.357 e. The molecule has 1 aliphatic rings. The predicted molar refractivity (Wildman–Crippen MR) is 48.0 cm³/mol. The maximum Gasteiger partial charge on any atom is 0.444 e. The Bertz CT molecular complexity index is 390. The molecule has 0 bridgehead atoms. The van der Waals surface area contributed by atoms with Crippen molar-refractivity contribution in [3.8, 4) is 0 Å². The van der Waals surface area contributed by atoms with Crippen LogP contribution in [-0.4, -0.2) is 21.6 Å². The van der Waals surface area contributed by atoms with E-state index >= 15 is 0 Å². The van der Waals surface area contributed by atoms with Gasteiger partial charge in [-0.05, 0) is 12.1 Å². The molecule has 2 unspecified atom stereocenters. The van der Waals surface area contributed by atoms with Crippen molar-refractivity contribution in [3.63, 3.8) is 0 Å². The first-order valence-corrected chi connectivity index (χ1v) is 4.67. The first kappa shape index (κ1) is 11.4. The fourth-order valence-electron chi connectivity index (χ4n) is 1.70. The third kappa shape index (κ3) is 1.70. The fraction of sp³-hybridized carbons (Fsp3) is 0.556. The van der Waals surface area contributed by atoms with Gasteiger partial charge in [-0.2, -0.15) is 18.7 Å². The zero-order valence-electron chi connectivity index (χ0n) is 8.45. The Morgan fingerprint density at radius 1 is 1.62 bits per heavy atom. The molecule has 0 aromatic carbocycles. The number of aliphatic hydroxyl groups is 1. The van der Waals surface area contributed by atoms with E-state index in [2.05, 4.69) is 10.3 Å². The second-order valence-electron chi connectivity index (χ2n) is 3.80. The van der Waals surface area contributed by atoms with Crippen LogP contribution in [0.5, 0.6) is 0 Å². The van der Waals surface area contributed by atoms with Gasteiger partial charge in [-0.3, -0.25) is 4.84 Å². The van der Waals surface area contributed by atoms with Gasteiger partial charge < -0.3 is 9.67 Å². The maximum absolute atomic E-state index is 12.4. The number of aryl methyl sites for hydroxylation is 1. The number of rotatable bonds is 1. The zero-order chi connectivity index (χ0) is 12.0. The van der Waals surface area contributed by atoms with Crippen LogP contribution in [0.3, 0.4) is 0 Å². The third-order valence-electron chi connectivity index (χ3n) is 2.63. The molecule has 2 rings (SSSR count). The molecule has 2 heterocycles. The number of hydrogen-bond acceptors (Lipinski definition) is 3. The van der Waals surface area contributed by atoms with Crippen LogP contribution in [-0.2, 0) is 11.9 Å². The van der Waals surface area contributed by atoms with Crippen LogP contribution in [0.25, 0.3) is 0 Å². The van der Waals surface area contributed by atoms with Crippen molar-refractivity contribution in [1.82, 2.24) is 10.0 Å². The van der Waals surface area contributed by atoms with Crippen molar-refractivity contribution in [2.75, 3.05) is 0 Å². The van der Waals surface area contributed by atoms with Crippen molar-refractivity contribution < 1.29 is 23.1 Å². The minimum absolute atomic E-state index is 0.561. The Labute approximate surface area is 89.6 Å². The molecule has 16 heavy (non-hydrogen) atoms. The molecule has 0 aliphatic carbocycles. The quantitative estimate of drug-likeness (QED) is 0.771. The van der Waals surface area contributed by atoms with Crippen molar-refractivity contribution in [2.24, 2.45) is 7.05 Å². The van der Waals surface area contributed by atoms with Gasteiger partial charge in [0.25, 0.3) is 5.79 Å².